The average Bonchev–Trinajstić information content (AvgIpc) is 2.72. The van der Waals surface area contributed by atoms with Crippen LogP contribution in [0.3, 0.4) is 0 Å². The number of nitrogens with zero attached hydrogens (tertiary/aromatic N) is 2. The highest BCUT2D eigenvalue weighted by Gasteiger charge is 2.25. The minimum atomic E-state index is -0.532. The van der Waals surface area contributed by atoms with E-state index in [1.54, 1.807) is 47.2 Å². The molecule has 1 heterocycles. The Morgan fingerprint density at radius 1 is 1.07 bits per heavy atom. The van der Waals surface area contributed by atoms with Gasteiger partial charge in [0.1, 0.15) is 5.75 Å². The third kappa shape index (κ3) is 4.81. The second-order valence-corrected chi connectivity index (χ2v) is 7.18. The summed E-state index contributed by atoms with van der Waals surface area (Å²) < 4.78 is 24.8. The maximum atomic E-state index is 13.8. The molecule has 148 valence electrons. The molecule has 1 fully saturated rings. The van der Waals surface area contributed by atoms with E-state index >= 15 is 0 Å². The number of amides is 2. The Morgan fingerprint density at radius 2 is 1.79 bits per heavy atom. The maximum absolute atomic E-state index is 13.8. The maximum Gasteiger partial charge on any atom is 0.260 e. The molecule has 0 radical (unpaired) electrons. The first-order valence-corrected chi connectivity index (χ1v) is 9.56. The summed E-state index contributed by atoms with van der Waals surface area (Å²) in [4.78, 5) is 28.3. The van der Waals surface area contributed by atoms with Crippen molar-refractivity contribution in [2.24, 2.45) is 0 Å². The van der Waals surface area contributed by atoms with Gasteiger partial charge in [-0.05, 0) is 36.4 Å². The zero-order chi connectivity index (χ0) is 20.1. The summed E-state index contributed by atoms with van der Waals surface area (Å²) in [6, 6.07) is 11.4. The van der Waals surface area contributed by atoms with Crippen LogP contribution in [0.25, 0.3) is 0 Å². The standard InChI is InChI=1S/C20H20BrFN2O4/c1-27-16-4-2-3-14(11-16)20(26)24-9-7-23(8-10-24)19(25)13-28-18-6-5-15(21)12-17(18)22/h2-6,11-12H,7-10,13H2,1H3. The molecule has 1 saturated heterocycles. The van der Waals surface area contributed by atoms with Gasteiger partial charge in [0.2, 0.25) is 0 Å². The highest BCUT2D eigenvalue weighted by molar-refractivity contribution is 9.10. The molecule has 0 aliphatic carbocycles. The van der Waals surface area contributed by atoms with Gasteiger partial charge in [-0.1, -0.05) is 22.0 Å². The van der Waals surface area contributed by atoms with E-state index in [0.717, 1.165) is 0 Å². The summed E-state index contributed by atoms with van der Waals surface area (Å²) in [7, 11) is 1.55. The van der Waals surface area contributed by atoms with E-state index < -0.39 is 5.82 Å². The Kier molecular flexibility index (Phi) is 6.51. The van der Waals surface area contributed by atoms with Crippen molar-refractivity contribution in [1.29, 1.82) is 0 Å². The molecule has 3 rings (SSSR count). The van der Waals surface area contributed by atoms with Crippen molar-refractivity contribution in [3.05, 3.63) is 58.3 Å². The molecule has 0 saturated carbocycles. The first-order chi connectivity index (χ1) is 13.5. The van der Waals surface area contributed by atoms with Crippen molar-refractivity contribution in [1.82, 2.24) is 9.80 Å². The summed E-state index contributed by atoms with van der Waals surface area (Å²) >= 11 is 3.17. The van der Waals surface area contributed by atoms with Crippen molar-refractivity contribution >= 4 is 27.7 Å². The minimum absolute atomic E-state index is 0.0309. The number of carbonyl (C=O) groups excluding carboxylic acids is 2. The van der Waals surface area contributed by atoms with Gasteiger partial charge in [0, 0.05) is 36.2 Å². The van der Waals surface area contributed by atoms with E-state index in [2.05, 4.69) is 15.9 Å². The summed E-state index contributed by atoms with van der Waals surface area (Å²) in [5.74, 6) is -0.216. The van der Waals surface area contributed by atoms with Crippen LogP contribution in [0.5, 0.6) is 11.5 Å². The number of ether oxygens (including phenoxy) is 2. The van der Waals surface area contributed by atoms with E-state index in [4.69, 9.17) is 9.47 Å². The van der Waals surface area contributed by atoms with Crippen LogP contribution in [-0.4, -0.2) is 61.5 Å². The van der Waals surface area contributed by atoms with Gasteiger partial charge in [-0.2, -0.15) is 0 Å². The highest BCUT2D eigenvalue weighted by Crippen LogP contribution is 2.21. The molecule has 0 bridgehead atoms. The Labute approximate surface area is 171 Å². The van der Waals surface area contributed by atoms with E-state index in [0.29, 0.717) is 42.0 Å². The number of halogens is 2. The van der Waals surface area contributed by atoms with Gasteiger partial charge in [0.15, 0.2) is 18.2 Å². The molecular weight excluding hydrogens is 431 g/mol. The predicted molar refractivity (Wildman–Crippen MR) is 105 cm³/mol. The third-order valence-corrected chi connectivity index (χ3v) is 4.97. The molecule has 0 aromatic heterocycles. The molecule has 2 aromatic carbocycles. The molecule has 0 N–H and O–H groups in total. The molecule has 8 heteroatoms. The fraction of sp³-hybridized carbons (Fsp3) is 0.300. The largest absolute Gasteiger partial charge is 0.497 e. The van der Waals surface area contributed by atoms with Crippen molar-refractivity contribution in [3.63, 3.8) is 0 Å². The fourth-order valence-corrected chi connectivity index (χ4v) is 3.25. The Morgan fingerprint density at radius 3 is 2.46 bits per heavy atom. The van der Waals surface area contributed by atoms with E-state index in [1.807, 2.05) is 0 Å². The Balaban J connectivity index is 1.51. The van der Waals surface area contributed by atoms with E-state index in [1.165, 1.54) is 12.1 Å². The van der Waals surface area contributed by atoms with Gasteiger partial charge < -0.3 is 19.3 Å². The molecule has 6 nitrogen and oxygen atoms in total. The second-order valence-electron chi connectivity index (χ2n) is 6.27. The van der Waals surface area contributed by atoms with E-state index in [9.17, 15) is 14.0 Å². The van der Waals surface area contributed by atoms with Gasteiger partial charge in [0.05, 0.1) is 7.11 Å². The van der Waals surface area contributed by atoms with Crippen molar-refractivity contribution in [2.45, 2.75) is 0 Å². The molecular formula is C20H20BrFN2O4. The van der Waals surface area contributed by atoms with Crippen LogP contribution in [0.4, 0.5) is 4.39 Å². The van der Waals surface area contributed by atoms with Gasteiger partial charge in [-0.25, -0.2) is 4.39 Å². The van der Waals surface area contributed by atoms with Crippen LogP contribution >= 0.6 is 15.9 Å². The lowest BCUT2D eigenvalue weighted by Crippen LogP contribution is -2.51. The summed E-state index contributed by atoms with van der Waals surface area (Å²) in [5.41, 5.74) is 0.549. The van der Waals surface area contributed by atoms with Crippen LogP contribution in [-0.2, 0) is 4.79 Å². The van der Waals surface area contributed by atoms with Crippen LogP contribution < -0.4 is 9.47 Å². The average molecular weight is 451 g/mol. The zero-order valence-corrected chi connectivity index (χ0v) is 16.9. The van der Waals surface area contributed by atoms with Crippen molar-refractivity contribution < 1.29 is 23.5 Å². The smallest absolute Gasteiger partial charge is 0.260 e. The third-order valence-electron chi connectivity index (χ3n) is 4.48. The normalized spacial score (nSPS) is 14.0. The first-order valence-electron chi connectivity index (χ1n) is 8.77. The molecule has 2 amide bonds. The quantitative estimate of drug-likeness (QED) is 0.702. The van der Waals surface area contributed by atoms with Gasteiger partial charge in [0.25, 0.3) is 11.8 Å². The monoisotopic (exact) mass is 450 g/mol. The molecule has 1 aliphatic heterocycles. The van der Waals surface area contributed by atoms with E-state index in [-0.39, 0.29) is 24.2 Å². The Bertz CT molecular complexity index is 869. The molecule has 0 atom stereocenters. The molecule has 0 spiro atoms. The number of carbonyl (C=O) groups is 2. The summed E-state index contributed by atoms with van der Waals surface area (Å²) in [5, 5.41) is 0. The topological polar surface area (TPSA) is 59.1 Å². The molecule has 1 aliphatic rings. The Hall–Kier alpha value is -2.61. The number of hydrogen-bond donors (Lipinski definition) is 0. The lowest BCUT2D eigenvalue weighted by molar-refractivity contribution is -0.134. The fourth-order valence-electron chi connectivity index (χ4n) is 2.92. The SMILES string of the molecule is COc1cccc(C(=O)N2CCN(C(=O)COc3ccc(Br)cc3F)CC2)c1. The summed E-state index contributed by atoms with van der Waals surface area (Å²) in [6.07, 6.45) is 0. The van der Waals surface area contributed by atoms with Gasteiger partial charge in [-0.15, -0.1) is 0 Å². The van der Waals surface area contributed by atoms with Crippen molar-refractivity contribution in [2.75, 3.05) is 39.9 Å². The number of piperazine rings is 1. The van der Waals surface area contributed by atoms with Gasteiger partial charge >= 0.3 is 0 Å². The molecule has 0 unspecified atom stereocenters. The van der Waals surface area contributed by atoms with Gasteiger partial charge in [-0.3, -0.25) is 9.59 Å². The van der Waals surface area contributed by atoms with Crippen LogP contribution in [0.1, 0.15) is 10.4 Å². The number of rotatable bonds is 5. The summed E-state index contributed by atoms with van der Waals surface area (Å²) in [6.45, 7) is 1.41. The number of hydrogen-bond acceptors (Lipinski definition) is 4. The number of methoxy groups -OCH3 is 1. The van der Waals surface area contributed by atoms with Crippen LogP contribution in [0.2, 0.25) is 0 Å². The lowest BCUT2D eigenvalue weighted by Gasteiger charge is -2.34. The first kappa shape index (κ1) is 20.1. The number of benzene rings is 2. The van der Waals surface area contributed by atoms with Crippen molar-refractivity contribution in [3.8, 4) is 11.5 Å². The van der Waals surface area contributed by atoms with Crippen LogP contribution in [0, 0.1) is 5.82 Å². The molecule has 2 aromatic rings. The minimum Gasteiger partial charge on any atom is -0.497 e. The highest BCUT2D eigenvalue weighted by atomic mass is 79.9. The van der Waals surface area contributed by atoms with Crippen LogP contribution in [0.15, 0.2) is 46.9 Å². The molecule has 28 heavy (non-hydrogen) atoms. The lowest BCUT2D eigenvalue weighted by atomic mass is 10.1. The zero-order valence-electron chi connectivity index (χ0n) is 15.4. The predicted octanol–water partition coefficient (Wildman–Crippen LogP) is 2.96. The second kappa shape index (κ2) is 9.05.